The Morgan fingerprint density at radius 2 is 1.94 bits per heavy atom. The maximum atomic E-state index is 12.7. The summed E-state index contributed by atoms with van der Waals surface area (Å²) in [6.45, 7) is 3.98. The zero-order valence-electron chi connectivity index (χ0n) is 18.2. The summed E-state index contributed by atoms with van der Waals surface area (Å²) in [5, 5.41) is 12.8. The fraction of sp³-hybridized carbons (Fsp3) is 0.200. The molecule has 0 saturated heterocycles. The van der Waals surface area contributed by atoms with Crippen molar-refractivity contribution >= 4 is 28.9 Å². The van der Waals surface area contributed by atoms with Gasteiger partial charge >= 0.3 is 5.97 Å². The van der Waals surface area contributed by atoms with Crippen LogP contribution >= 0.6 is 11.3 Å². The molecule has 1 aliphatic rings. The Hall–Kier alpha value is -3.78. The maximum absolute atomic E-state index is 12.7. The number of anilines is 1. The van der Waals surface area contributed by atoms with Gasteiger partial charge in [-0.25, -0.2) is 4.79 Å². The Morgan fingerprint density at radius 1 is 1.18 bits per heavy atom. The van der Waals surface area contributed by atoms with Crippen molar-refractivity contribution in [2.45, 2.75) is 12.3 Å². The molecule has 1 aromatic heterocycles. The summed E-state index contributed by atoms with van der Waals surface area (Å²) in [5.74, 6) is 0.220. The van der Waals surface area contributed by atoms with Crippen molar-refractivity contribution in [3.8, 4) is 28.4 Å². The number of carbonyl (C=O) groups is 2. The normalized spacial score (nSPS) is 14.7. The number of nitrogens with one attached hydrogen (secondary N) is 1. The third-order valence-electron chi connectivity index (χ3n) is 5.43. The third kappa shape index (κ3) is 4.29. The number of benzene rings is 2. The van der Waals surface area contributed by atoms with Gasteiger partial charge in [0.05, 0.1) is 19.9 Å². The van der Waals surface area contributed by atoms with Gasteiger partial charge in [-0.1, -0.05) is 30.9 Å². The lowest BCUT2D eigenvalue weighted by Crippen LogP contribution is -2.22. The van der Waals surface area contributed by atoms with E-state index < -0.39 is 5.97 Å². The van der Waals surface area contributed by atoms with Crippen LogP contribution in [0.15, 0.2) is 55.1 Å². The molecule has 2 N–H and O–H groups in total. The topological polar surface area (TPSA) is 94.1 Å². The quantitative estimate of drug-likeness (QED) is 0.446. The van der Waals surface area contributed by atoms with Crippen molar-refractivity contribution < 1.29 is 28.9 Å². The van der Waals surface area contributed by atoms with Crippen molar-refractivity contribution in [1.82, 2.24) is 0 Å². The molecule has 1 aliphatic heterocycles. The number of hydrogen-bond acceptors (Lipinski definition) is 6. The molecular formula is C25H23NO6S. The standard InChI is InChI=1S/C25H23NO6S/c1-4-11-32-19-12-15(7-10-18(19)31-3)17-13-20(27)26-22-21(24(25(28)29)33-23(17)22)14-5-8-16(30-2)9-6-14/h4-10,12,17H,1,11,13H2,2-3H3,(H,26,27)(H,28,29)/t17-/m0/s1. The first-order chi connectivity index (χ1) is 16.0. The van der Waals surface area contributed by atoms with Gasteiger partial charge < -0.3 is 24.6 Å². The van der Waals surface area contributed by atoms with Gasteiger partial charge in [0.2, 0.25) is 5.91 Å². The molecule has 2 aromatic carbocycles. The number of amides is 1. The summed E-state index contributed by atoms with van der Waals surface area (Å²) in [6, 6.07) is 12.6. The van der Waals surface area contributed by atoms with E-state index in [0.717, 1.165) is 10.4 Å². The van der Waals surface area contributed by atoms with Crippen molar-refractivity contribution in [2.75, 3.05) is 26.1 Å². The minimum Gasteiger partial charge on any atom is -0.497 e. The maximum Gasteiger partial charge on any atom is 0.346 e. The number of aromatic carboxylic acids is 1. The predicted octanol–water partition coefficient (Wildman–Crippen LogP) is 5.17. The molecule has 33 heavy (non-hydrogen) atoms. The smallest absolute Gasteiger partial charge is 0.346 e. The van der Waals surface area contributed by atoms with Crippen LogP contribution in [0.2, 0.25) is 0 Å². The molecule has 2 heterocycles. The molecule has 1 atom stereocenters. The number of rotatable bonds is 8. The highest BCUT2D eigenvalue weighted by Crippen LogP contribution is 2.50. The molecule has 0 aliphatic carbocycles. The van der Waals surface area contributed by atoms with Gasteiger partial charge in [0.15, 0.2) is 11.5 Å². The number of carbonyl (C=O) groups excluding carboxylic acids is 1. The number of hydrogen-bond donors (Lipinski definition) is 2. The predicted molar refractivity (Wildman–Crippen MR) is 127 cm³/mol. The van der Waals surface area contributed by atoms with Gasteiger partial charge in [-0.2, -0.15) is 0 Å². The van der Waals surface area contributed by atoms with Crippen molar-refractivity contribution in [2.24, 2.45) is 0 Å². The Bertz CT molecular complexity index is 1210. The van der Waals surface area contributed by atoms with E-state index in [1.807, 2.05) is 12.1 Å². The molecule has 0 fully saturated rings. The number of thiophene rings is 1. The van der Waals surface area contributed by atoms with Crippen LogP contribution in [0.3, 0.4) is 0 Å². The number of ether oxygens (including phenoxy) is 3. The van der Waals surface area contributed by atoms with Crippen LogP contribution in [0.1, 0.15) is 32.5 Å². The molecule has 4 rings (SSSR count). The minimum atomic E-state index is -1.04. The molecule has 0 radical (unpaired) electrons. The molecule has 170 valence electrons. The third-order valence-corrected chi connectivity index (χ3v) is 6.72. The second-order valence-corrected chi connectivity index (χ2v) is 8.45. The first kappa shape index (κ1) is 22.4. The van der Waals surface area contributed by atoms with Crippen molar-refractivity contribution in [1.29, 1.82) is 0 Å². The highest BCUT2D eigenvalue weighted by molar-refractivity contribution is 7.15. The van der Waals surface area contributed by atoms with E-state index in [1.54, 1.807) is 50.6 Å². The van der Waals surface area contributed by atoms with E-state index in [0.29, 0.717) is 40.7 Å². The van der Waals surface area contributed by atoms with E-state index in [9.17, 15) is 14.7 Å². The van der Waals surface area contributed by atoms with Gasteiger partial charge in [-0.15, -0.1) is 11.3 Å². The average Bonchev–Trinajstić information content (AvgIpc) is 3.21. The molecule has 8 heteroatoms. The van der Waals surface area contributed by atoms with Crippen LogP contribution < -0.4 is 19.5 Å². The van der Waals surface area contributed by atoms with Gasteiger partial charge in [0.1, 0.15) is 17.2 Å². The molecule has 3 aromatic rings. The number of fused-ring (bicyclic) bond motifs is 1. The molecular weight excluding hydrogens is 442 g/mol. The van der Waals surface area contributed by atoms with E-state index in [2.05, 4.69) is 11.9 Å². The molecule has 1 amide bonds. The van der Waals surface area contributed by atoms with Crippen molar-refractivity contribution in [3.63, 3.8) is 0 Å². The molecule has 7 nitrogen and oxygen atoms in total. The fourth-order valence-corrected chi connectivity index (χ4v) is 5.16. The Kier molecular flexibility index (Phi) is 6.37. The van der Waals surface area contributed by atoms with Gasteiger partial charge in [0, 0.05) is 22.8 Å². The van der Waals surface area contributed by atoms with Crippen LogP contribution in [-0.4, -0.2) is 37.8 Å². The van der Waals surface area contributed by atoms with Crippen LogP contribution in [-0.2, 0) is 4.79 Å². The van der Waals surface area contributed by atoms with E-state index in [1.165, 1.54) is 11.3 Å². The summed E-state index contributed by atoms with van der Waals surface area (Å²) in [4.78, 5) is 25.8. The molecule has 0 saturated carbocycles. The van der Waals surface area contributed by atoms with Crippen LogP contribution in [0, 0.1) is 0 Å². The largest absolute Gasteiger partial charge is 0.497 e. The summed E-state index contributed by atoms with van der Waals surface area (Å²) in [7, 11) is 3.12. The van der Waals surface area contributed by atoms with Gasteiger partial charge in [0.25, 0.3) is 0 Å². The summed E-state index contributed by atoms with van der Waals surface area (Å²) >= 11 is 1.18. The second-order valence-electron chi connectivity index (χ2n) is 7.39. The zero-order valence-corrected chi connectivity index (χ0v) is 19.0. The lowest BCUT2D eigenvalue weighted by atomic mass is 9.88. The van der Waals surface area contributed by atoms with Gasteiger partial charge in [-0.3, -0.25) is 4.79 Å². The average molecular weight is 466 g/mol. The Morgan fingerprint density at radius 3 is 2.58 bits per heavy atom. The Balaban J connectivity index is 1.85. The van der Waals surface area contributed by atoms with E-state index in [4.69, 9.17) is 14.2 Å². The lowest BCUT2D eigenvalue weighted by Gasteiger charge is -2.24. The highest BCUT2D eigenvalue weighted by atomic mass is 32.1. The minimum absolute atomic E-state index is 0.175. The van der Waals surface area contributed by atoms with E-state index >= 15 is 0 Å². The molecule has 0 bridgehead atoms. The van der Waals surface area contributed by atoms with Crippen LogP contribution in [0.4, 0.5) is 5.69 Å². The van der Waals surface area contributed by atoms with E-state index in [-0.39, 0.29) is 23.1 Å². The molecule has 0 spiro atoms. The first-order valence-corrected chi connectivity index (χ1v) is 11.0. The number of carboxylic acid groups (broad SMARTS) is 1. The Labute approximate surface area is 195 Å². The van der Waals surface area contributed by atoms with Crippen LogP contribution in [0.5, 0.6) is 17.2 Å². The van der Waals surface area contributed by atoms with Crippen LogP contribution in [0.25, 0.3) is 11.1 Å². The summed E-state index contributed by atoms with van der Waals surface area (Å²) < 4.78 is 16.3. The summed E-state index contributed by atoms with van der Waals surface area (Å²) in [5.41, 5.74) is 2.56. The zero-order chi connectivity index (χ0) is 23.5. The number of carboxylic acids is 1. The van der Waals surface area contributed by atoms with Crippen molar-refractivity contribution in [3.05, 3.63) is 70.4 Å². The summed E-state index contributed by atoms with van der Waals surface area (Å²) in [6.07, 6.45) is 1.83. The first-order valence-electron chi connectivity index (χ1n) is 10.2. The second kappa shape index (κ2) is 9.38. The lowest BCUT2D eigenvalue weighted by molar-refractivity contribution is -0.116. The van der Waals surface area contributed by atoms with Gasteiger partial charge in [-0.05, 0) is 35.4 Å². The molecule has 0 unspecified atom stereocenters. The SMILES string of the molecule is C=CCOc1cc([C@@H]2CC(=O)Nc3c2sc(C(=O)O)c3-c2ccc(OC)cc2)ccc1OC. The monoisotopic (exact) mass is 465 g/mol. The number of methoxy groups -OCH3 is 2. The fourth-order valence-electron chi connectivity index (χ4n) is 3.91. The highest BCUT2D eigenvalue weighted by Gasteiger charge is 2.34.